The van der Waals surface area contributed by atoms with Crippen LogP contribution in [0.15, 0.2) is 97.5 Å². The van der Waals surface area contributed by atoms with Crippen LogP contribution in [0.5, 0.6) is 11.5 Å². The van der Waals surface area contributed by atoms with Crippen LogP contribution in [0.25, 0.3) is 22.3 Å². The van der Waals surface area contributed by atoms with Gasteiger partial charge in [0.05, 0.1) is 0 Å². The van der Waals surface area contributed by atoms with Crippen LogP contribution in [0.3, 0.4) is 0 Å². The highest BCUT2D eigenvalue weighted by atomic mass is 19.1. The first-order chi connectivity index (χ1) is 16.7. The molecule has 178 valence electrons. The fourth-order valence-electron chi connectivity index (χ4n) is 2.91. The lowest BCUT2D eigenvalue weighted by atomic mass is 9.99. The maximum absolute atomic E-state index is 14.9. The highest BCUT2D eigenvalue weighted by Gasteiger charge is 2.12. The molecule has 0 aliphatic heterocycles. The SMILES string of the molecule is C=C(C)C(=O)OC=COc1ccc(-c2ccc(-c3ccc(OC(=O)C(=C)C)cc3)c(F)c2)c(F)c1. The molecule has 0 N–H and O–H groups in total. The molecule has 0 radical (unpaired) electrons. The predicted molar refractivity (Wildman–Crippen MR) is 128 cm³/mol. The number of hydrogen-bond donors (Lipinski definition) is 0. The minimum Gasteiger partial charge on any atom is -0.462 e. The first kappa shape index (κ1) is 25.1. The smallest absolute Gasteiger partial charge is 0.338 e. The normalized spacial score (nSPS) is 10.6. The Morgan fingerprint density at radius 2 is 1.26 bits per heavy atom. The van der Waals surface area contributed by atoms with E-state index in [1.807, 2.05) is 0 Å². The largest absolute Gasteiger partial charge is 0.462 e. The Morgan fingerprint density at radius 3 is 1.86 bits per heavy atom. The number of carbonyl (C=O) groups excluding carboxylic acids is 2. The molecule has 7 heteroatoms. The van der Waals surface area contributed by atoms with Gasteiger partial charge in [-0.3, -0.25) is 0 Å². The molecule has 3 rings (SSSR count). The number of carbonyl (C=O) groups is 2. The highest BCUT2D eigenvalue weighted by Crippen LogP contribution is 2.31. The maximum Gasteiger partial charge on any atom is 0.338 e. The van der Waals surface area contributed by atoms with Gasteiger partial charge in [0.2, 0.25) is 0 Å². The summed E-state index contributed by atoms with van der Waals surface area (Å²) in [6.45, 7) is 10.0. The maximum atomic E-state index is 14.9. The predicted octanol–water partition coefficient (Wildman–Crippen LogP) is 6.75. The summed E-state index contributed by atoms with van der Waals surface area (Å²) >= 11 is 0. The summed E-state index contributed by atoms with van der Waals surface area (Å²) in [5.41, 5.74) is 1.89. The summed E-state index contributed by atoms with van der Waals surface area (Å²) in [4.78, 5) is 22.9. The van der Waals surface area contributed by atoms with Crippen molar-refractivity contribution in [2.75, 3.05) is 0 Å². The summed E-state index contributed by atoms with van der Waals surface area (Å²) in [6, 6.07) is 14.8. The molecule has 0 heterocycles. The Morgan fingerprint density at radius 1 is 0.714 bits per heavy atom. The zero-order chi connectivity index (χ0) is 25.5. The van der Waals surface area contributed by atoms with Crippen molar-refractivity contribution in [3.05, 3.63) is 109 Å². The van der Waals surface area contributed by atoms with E-state index in [1.54, 1.807) is 43.3 Å². The minimum absolute atomic E-state index is 0.165. The van der Waals surface area contributed by atoms with Gasteiger partial charge in [0.15, 0.2) is 0 Å². The van der Waals surface area contributed by atoms with Gasteiger partial charge < -0.3 is 14.2 Å². The Kier molecular flexibility index (Phi) is 7.94. The molecule has 0 aliphatic carbocycles. The molecular weight excluding hydrogens is 454 g/mol. The van der Waals surface area contributed by atoms with Crippen molar-refractivity contribution in [1.82, 2.24) is 0 Å². The molecule has 3 aromatic carbocycles. The Labute approximate surface area is 201 Å². The van der Waals surface area contributed by atoms with Crippen molar-refractivity contribution in [1.29, 1.82) is 0 Å². The van der Waals surface area contributed by atoms with Crippen molar-refractivity contribution < 1.29 is 32.6 Å². The number of benzene rings is 3. The molecule has 0 aromatic heterocycles. The first-order valence-electron chi connectivity index (χ1n) is 10.4. The average molecular weight is 476 g/mol. The third-order valence-electron chi connectivity index (χ3n) is 4.73. The quantitative estimate of drug-likeness (QED) is 0.156. The van der Waals surface area contributed by atoms with Gasteiger partial charge in [0.25, 0.3) is 0 Å². The van der Waals surface area contributed by atoms with Gasteiger partial charge in [-0.15, -0.1) is 0 Å². The molecule has 0 atom stereocenters. The standard InChI is InChI=1S/C28H22F2O5/c1-17(2)27(31)34-14-13-33-22-10-12-24(26(30)16-22)20-7-11-23(25(29)15-20)19-5-8-21(9-6-19)35-28(32)18(3)4/h5-16H,1,3H2,2,4H3. The van der Waals surface area contributed by atoms with Gasteiger partial charge in [-0.1, -0.05) is 37.4 Å². The van der Waals surface area contributed by atoms with Gasteiger partial charge in [-0.25, -0.2) is 18.4 Å². The van der Waals surface area contributed by atoms with Gasteiger partial charge >= 0.3 is 11.9 Å². The molecule has 0 spiro atoms. The molecule has 0 saturated carbocycles. The van der Waals surface area contributed by atoms with Crippen LogP contribution in [0.4, 0.5) is 8.78 Å². The molecule has 0 bridgehead atoms. The van der Waals surface area contributed by atoms with E-state index >= 15 is 0 Å². The van der Waals surface area contributed by atoms with Crippen LogP contribution < -0.4 is 9.47 Å². The number of esters is 2. The summed E-state index contributed by atoms with van der Waals surface area (Å²) in [6.07, 6.45) is 2.11. The molecule has 0 amide bonds. The average Bonchev–Trinajstić information content (AvgIpc) is 2.82. The topological polar surface area (TPSA) is 61.8 Å². The molecule has 5 nitrogen and oxygen atoms in total. The summed E-state index contributed by atoms with van der Waals surface area (Å²) in [7, 11) is 0. The van der Waals surface area contributed by atoms with E-state index in [-0.39, 0.29) is 22.5 Å². The number of halogens is 2. The van der Waals surface area contributed by atoms with Crippen LogP contribution in [-0.2, 0) is 14.3 Å². The lowest BCUT2D eigenvalue weighted by Gasteiger charge is -2.10. The van der Waals surface area contributed by atoms with E-state index in [1.165, 1.54) is 25.1 Å². The Balaban J connectivity index is 1.72. The van der Waals surface area contributed by atoms with Crippen molar-refractivity contribution in [3.63, 3.8) is 0 Å². The molecule has 0 fully saturated rings. The third-order valence-corrected chi connectivity index (χ3v) is 4.73. The fourth-order valence-corrected chi connectivity index (χ4v) is 2.91. The highest BCUT2D eigenvalue weighted by molar-refractivity contribution is 5.89. The fraction of sp³-hybridized carbons (Fsp3) is 0.0714. The number of rotatable bonds is 8. The van der Waals surface area contributed by atoms with Crippen LogP contribution in [-0.4, -0.2) is 11.9 Å². The second kappa shape index (κ2) is 11.1. The molecular formula is C28H22F2O5. The van der Waals surface area contributed by atoms with Gasteiger partial charge in [-0.05, 0) is 55.3 Å². The monoisotopic (exact) mass is 476 g/mol. The van der Waals surface area contributed by atoms with Crippen molar-refractivity contribution >= 4 is 11.9 Å². The second-order valence-corrected chi connectivity index (χ2v) is 7.61. The Bertz CT molecular complexity index is 1320. The van der Waals surface area contributed by atoms with Crippen LogP contribution in [0.1, 0.15) is 13.8 Å². The van der Waals surface area contributed by atoms with E-state index in [2.05, 4.69) is 13.2 Å². The summed E-state index contributed by atoms with van der Waals surface area (Å²) in [5.74, 6) is -1.85. The zero-order valence-corrected chi connectivity index (χ0v) is 19.1. The Hall–Kier alpha value is -4.52. The van der Waals surface area contributed by atoms with Gasteiger partial charge in [0.1, 0.15) is 35.7 Å². The van der Waals surface area contributed by atoms with Crippen LogP contribution >= 0.6 is 0 Å². The van der Waals surface area contributed by atoms with E-state index in [9.17, 15) is 18.4 Å². The number of hydrogen-bond acceptors (Lipinski definition) is 5. The summed E-state index contributed by atoms with van der Waals surface area (Å²) in [5, 5.41) is 0. The molecule has 0 aliphatic rings. The minimum atomic E-state index is -0.620. The lowest BCUT2D eigenvalue weighted by Crippen LogP contribution is -2.07. The molecule has 3 aromatic rings. The van der Waals surface area contributed by atoms with Crippen LogP contribution in [0.2, 0.25) is 0 Å². The number of ether oxygens (including phenoxy) is 3. The van der Waals surface area contributed by atoms with E-state index in [0.29, 0.717) is 22.4 Å². The van der Waals surface area contributed by atoms with Crippen molar-refractivity contribution in [3.8, 4) is 33.8 Å². The third kappa shape index (κ3) is 6.51. The molecule has 0 saturated heterocycles. The van der Waals surface area contributed by atoms with E-state index in [0.717, 1.165) is 18.6 Å². The van der Waals surface area contributed by atoms with Crippen LogP contribution in [0, 0.1) is 11.6 Å². The summed E-state index contributed by atoms with van der Waals surface area (Å²) < 4.78 is 44.6. The van der Waals surface area contributed by atoms with E-state index in [4.69, 9.17) is 14.2 Å². The van der Waals surface area contributed by atoms with Crippen molar-refractivity contribution in [2.45, 2.75) is 13.8 Å². The van der Waals surface area contributed by atoms with Gasteiger partial charge in [-0.2, -0.15) is 0 Å². The molecule has 0 unspecified atom stereocenters. The van der Waals surface area contributed by atoms with E-state index < -0.39 is 23.6 Å². The van der Waals surface area contributed by atoms with Crippen molar-refractivity contribution in [2.24, 2.45) is 0 Å². The molecule has 35 heavy (non-hydrogen) atoms. The van der Waals surface area contributed by atoms with Gasteiger partial charge in [0, 0.05) is 28.3 Å². The first-order valence-corrected chi connectivity index (χ1v) is 10.4. The lowest BCUT2D eigenvalue weighted by molar-refractivity contribution is -0.133. The second-order valence-electron chi connectivity index (χ2n) is 7.61. The zero-order valence-electron chi connectivity index (χ0n) is 19.1.